The maximum absolute atomic E-state index is 9.79. The van der Waals surface area contributed by atoms with Crippen molar-refractivity contribution in [3.05, 3.63) is 41.6 Å². The van der Waals surface area contributed by atoms with Crippen molar-refractivity contribution < 1.29 is 5.11 Å². The van der Waals surface area contributed by atoms with Gasteiger partial charge in [-0.05, 0) is 36.7 Å². The number of para-hydroxylation sites is 1. The van der Waals surface area contributed by atoms with Gasteiger partial charge in [-0.2, -0.15) is 0 Å². The number of rotatable bonds is 1. The molecule has 0 amide bonds. The second kappa shape index (κ2) is 3.68. The van der Waals surface area contributed by atoms with Crippen LogP contribution in [0.1, 0.15) is 11.3 Å². The van der Waals surface area contributed by atoms with E-state index in [4.69, 9.17) is 0 Å². The molecule has 3 rings (SSSR count). The van der Waals surface area contributed by atoms with Crippen LogP contribution in [0.3, 0.4) is 0 Å². The molecule has 0 fully saturated rings. The Morgan fingerprint density at radius 3 is 2.88 bits per heavy atom. The van der Waals surface area contributed by atoms with E-state index in [9.17, 15) is 5.11 Å². The zero-order valence-corrected chi connectivity index (χ0v) is 8.96. The Morgan fingerprint density at radius 1 is 1.19 bits per heavy atom. The normalized spacial score (nSPS) is 14.8. The van der Waals surface area contributed by atoms with Gasteiger partial charge < -0.3 is 15.4 Å². The number of phenols is 1. The summed E-state index contributed by atoms with van der Waals surface area (Å²) in [5.41, 5.74) is 4.48. The predicted octanol–water partition coefficient (Wildman–Crippen LogP) is 2.03. The first-order chi connectivity index (χ1) is 7.84. The summed E-state index contributed by atoms with van der Waals surface area (Å²) in [6.45, 7) is 1.92. The van der Waals surface area contributed by atoms with Gasteiger partial charge in [-0.15, -0.1) is 0 Å². The summed E-state index contributed by atoms with van der Waals surface area (Å²) >= 11 is 0. The van der Waals surface area contributed by atoms with Gasteiger partial charge in [0.15, 0.2) is 0 Å². The molecule has 2 aromatic rings. The Morgan fingerprint density at radius 2 is 2.06 bits per heavy atom. The maximum atomic E-state index is 9.79. The van der Waals surface area contributed by atoms with E-state index < -0.39 is 0 Å². The van der Waals surface area contributed by atoms with Gasteiger partial charge in [-0.1, -0.05) is 12.1 Å². The summed E-state index contributed by atoms with van der Waals surface area (Å²) in [5.74, 6) is 0.328. The van der Waals surface area contributed by atoms with Crippen LogP contribution in [0.15, 0.2) is 30.3 Å². The van der Waals surface area contributed by atoms with E-state index in [-0.39, 0.29) is 0 Å². The van der Waals surface area contributed by atoms with Crippen LogP contribution in [0.4, 0.5) is 0 Å². The average Bonchev–Trinajstić information content (AvgIpc) is 2.73. The van der Waals surface area contributed by atoms with Crippen LogP contribution in [-0.2, 0) is 13.0 Å². The Hall–Kier alpha value is -1.74. The third-order valence-corrected chi connectivity index (χ3v) is 3.06. The molecule has 1 aliphatic heterocycles. The fourth-order valence-electron chi connectivity index (χ4n) is 2.20. The lowest BCUT2D eigenvalue weighted by Gasteiger charge is -2.11. The van der Waals surface area contributed by atoms with E-state index in [1.54, 1.807) is 6.07 Å². The van der Waals surface area contributed by atoms with Crippen molar-refractivity contribution in [1.29, 1.82) is 0 Å². The van der Waals surface area contributed by atoms with Crippen molar-refractivity contribution in [3.63, 3.8) is 0 Å². The molecule has 0 saturated carbocycles. The summed E-state index contributed by atoms with van der Waals surface area (Å²) in [6, 6.07) is 9.56. The van der Waals surface area contributed by atoms with Gasteiger partial charge in [0.05, 0.1) is 0 Å². The van der Waals surface area contributed by atoms with E-state index in [1.807, 2.05) is 18.2 Å². The molecule has 0 saturated heterocycles. The quantitative estimate of drug-likeness (QED) is 0.680. The third kappa shape index (κ3) is 1.49. The molecule has 3 nitrogen and oxygen atoms in total. The molecule has 1 aliphatic rings. The molecule has 1 aromatic carbocycles. The molecular weight excluding hydrogens is 200 g/mol. The van der Waals surface area contributed by atoms with E-state index in [0.717, 1.165) is 30.8 Å². The number of H-pyrrole nitrogens is 1. The molecule has 16 heavy (non-hydrogen) atoms. The first-order valence-corrected chi connectivity index (χ1v) is 5.54. The van der Waals surface area contributed by atoms with Gasteiger partial charge in [-0.3, -0.25) is 0 Å². The summed E-state index contributed by atoms with van der Waals surface area (Å²) < 4.78 is 0. The smallest absolute Gasteiger partial charge is 0.124 e. The van der Waals surface area contributed by atoms with Crippen molar-refractivity contribution in [2.75, 3.05) is 6.54 Å². The van der Waals surface area contributed by atoms with Crippen molar-refractivity contribution in [3.8, 4) is 17.0 Å². The van der Waals surface area contributed by atoms with Crippen molar-refractivity contribution in [2.24, 2.45) is 0 Å². The number of aromatic hydroxyl groups is 1. The number of benzene rings is 1. The Balaban J connectivity index is 2.07. The molecule has 0 aliphatic carbocycles. The number of phenolic OH excluding ortho intramolecular Hbond substituents is 1. The van der Waals surface area contributed by atoms with Gasteiger partial charge in [0.1, 0.15) is 5.75 Å². The summed E-state index contributed by atoms with van der Waals surface area (Å²) in [6.07, 6.45) is 1.05. The number of aromatic nitrogens is 1. The molecule has 0 atom stereocenters. The largest absolute Gasteiger partial charge is 0.507 e. The van der Waals surface area contributed by atoms with Gasteiger partial charge in [0.25, 0.3) is 0 Å². The number of aromatic amines is 1. The molecule has 3 N–H and O–H groups in total. The predicted molar refractivity (Wildman–Crippen MR) is 63.3 cm³/mol. The monoisotopic (exact) mass is 214 g/mol. The third-order valence-electron chi connectivity index (χ3n) is 3.06. The lowest BCUT2D eigenvalue weighted by molar-refractivity contribution is 0.477. The number of fused-ring (bicyclic) bond motifs is 1. The SMILES string of the molecule is Oc1ccccc1-c1cc2c([nH]1)CNCC2. The second-order valence-corrected chi connectivity index (χ2v) is 4.13. The van der Waals surface area contributed by atoms with Crippen molar-refractivity contribution in [2.45, 2.75) is 13.0 Å². The Bertz CT molecular complexity index is 493. The molecule has 3 heteroatoms. The standard InChI is InChI=1S/C13H14N2O/c16-13-4-2-1-3-10(13)11-7-9-5-6-14-8-12(9)15-11/h1-4,7,14-16H,5-6,8H2. The van der Waals surface area contributed by atoms with E-state index in [2.05, 4.69) is 16.4 Å². The molecular formula is C13H14N2O. The highest BCUT2D eigenvalue weighted by Gasteiger charge is 2.14. The molecule has 1 aromatic heterocycles. The zero-order chi connectivity index (χ0) is 11.0. The van der Waals surface area contributed by atoms with Crippen molar-refractivity contribution in [1.82, 2.24) is 10.3 Å². The van der Waals surface area contributed by atoms with Gasteiger partial charge in [0, 0.05) is 23.5 Å². The highest BCUT2D eigenvalue weighted by atomic mass is 16.3. The summed E-state index contributed by atoms with van der Waals surface area (Å²) in [7, 11) is 0. The molecule has 0 bridgehead atoms. The maximum Gasteiger partial charge on any atom is 0.124 e. The fraction of sp³-hybridized carbons (Fsp3) is 0.231. The number of nitrogens with one attached hydrogen (secondary N) is 2. The van der Waals surface area contributed by atoms with Crippen LogP contribution in [0.25, 0.3) is 11.3 Å². The molecule has 0 unspecified atom stereocenters. The van der Waals surface area contributed by atoms with Gasteiger partial charge in [-0.25, -0.2) is 0 Å². The van der Waals surface area contributed by atoms with E-state index in [0.29, 0.717) is 5.75 Å². The Kier molecular flexibility index (Phi) is 2.18. The first-order valence-electron chi connectivity index (χ1n) is 5.54. The summed E-state index contributed by atoms with van der Waals surface area (Å²) in [4.78, 5) is 3.37. The minimum absolute atomic E-state index is 0.328. The lowest BCUT2D eigenvalue weighted by atomic mass is 10.1. The van der Waals surface area contributed by atoms with Crippen LogP contribution in [0.2, 0.25) is 0 Å². The number of hydrogen-bond donors (Lipinski definition) is 3. The van der Waals surface area contributed by atoms with Crippen LogP contribution in [0.5, 0.6) is 5.75 Å². The van der Waals surface area contributed by atoms with Crippen LogP contribution in [-0.4, -0.2) is 16.6 Å². The molecule has 82 valence electrons. The minimum atomic E-state index is 0.328. The minimum Gasteiger partial charge on any atom is -0.507 e. The van der Waals surface area contributed by atoms with Crippen LogP contribution in [0, 0.1) is 0 Å². The fourth-order valence-corrected chi connectivity index (χ4v) is 2.20. The highest BCUT2D eigenvalue weighted by molar-refractivity contribution is 5.68. The molecule has 0 radical (unpaired) electrons. The Labute approximate surface area is 94.1 Å². The molecule has 2 heterocycles. The van der Waals surface area contributed by atoms with Gasteiger partial charge in [0.2, 0.25) is 0 Å². The van der Waals surface area contributed by atoms with Crippen LogP contribution >= 0.6 is 0 Å². The highest BCUT2D eigenvalue weighted by Crippen LogP contribution is 2.30. The van der Waals surface area contributed by atoms with Crippen molar-refractivity contribution >= 4 is 0 Å². The number of hydrogen-bond acceptors (Lipinski definition) is 2. The van der Waals surface area contributed by atoms with E-state index >= 15 is 0 Å². The summed E-state index contributed by atoms with van der Waals surface area (Å²) in [5, 5.41) is 13.1. The first kappa shape index (κ1) is 9.48. The lowest BCUT2D eigenvalue weighted by Crippen LogP contribution is -2.22. The average molecular weight is 214 g/mol. The second-order valence-electron chi connectivity index (χ2n) is 4.13. The van der Waals surface area contributed by atoms with Crippen LogP contribution < -0.4 is 5.32 Å². The zero-order valence-electron chi connectivity index (χ0n) is 8.96. The van der Waals surface area contributed by atoms with Gasteiger partial charge >= 0.3 is 0 Å². The van der Waals surface area contributed by atoms with E-state index in [1.165, 1.54) is 11.3 Å². The molecule has 0 spiro atoms. The topological polar surface area (TPSA) is 48.0 Å².